The Morgan fingerprint density at radius 3 is 2.80 bits per heavy atom. The quantitative estimate of drug-likeness (QED) is 0.372. The molecule has 0 bridgehead atoms. The number of hydrogen-bond acceptors (Lipinski definition) is 3. The Morgan fingerprint density at radius 2 is 2.40 bits per heavy atom. The molecular weight excluding hydrogens is 170 g/mol. The lowest BCUT2D eigenvalue weighted by atomic mass is 10.6. The molecule has 58 valence electrons. The van der Waals surface area contributed by atoms with Gasteiger partial charge in [-0.3, -0.25) is 4.79 Å². The Labute approximate surface area is 70.5 Å². The number of esters is 1. The molecule has 10 heavy (non-hydrogen) atoms. The molecule has 0 radical (unpaired) electrons. The maximum atomic E-state index is 10.6. The van der Waals surface area contributed by atoms with Crippen molar-refractivity contribution in [3.63, 3.8) is 0 Å². The molecule has 0 rings (SSSR count). The van der Waals surface area contributed by atoms with Crippen LogP contribution in [0.3, 0.4) is 0 Å². The first-order chi connectivity index (χ1) is 4.66. The van der Waals surface area contributed by atoms with Crippen LogP contribution in [0.25, 0.3) is 0 Å². The second kappa shape index (κ2) is 5.49. The van der Waals surface area contributed by atoms with Crippen LogP contribution in [0.2, 0.25) is 0 Å². The van der Waals surface area contributed by atoms with Gasteiger partial charge in [-0.25, -0.2) is 0 Å². The maximum Gasteiger partial charge on any atom is 0.325 e. The summed E-state index contributed by atoms with van der Waals surface area (Å²) < 4.78 is 4.90. The van der Waals surface area contributed by atoms with Gasteiger partial charge in [0.05, 0.1) is 6.61 Å². The van der Waals surface area contributed by atoms with Crippen LogP contribution in [-0.2, 0) is 9.53 Å². The van der Waals surface area contributed by atoms with Crippen molar-refractivity contribution in [3.8, 4) is 0 Å². The van der Waals surface area contributed by atoms with Gasteiger partial charge in [-0.05, 0) is 6.92 Å². The van der Waals surface area contributed by atoms with Gasteiger partial charge in [-0.1, -0.05) is 12.2 Å². The van der Waals surface area contributed by atoms with Gasteiger partial charge in [-0.2, -0.15) is 0 Å². The predicted molar refractivity (Wildman–Crippen MR) is 46.2 cm³/mol. The molecule has 5 heteroatoms. The third-order valence-electron chi connectivity index (χ3n) is 0.689. The SMILES string of the molecule is CCOC(=O)CNC(=S)S. The third-order valence-corrected chi connectivity index (χ3v) is 0.992. The van der Waals surface area contributed by atoms with Crippen molar-refractivity contribution < 1.29 is 9.53 Å². The van der Waals surface area contributed by atoms with Crippen molar-refractivity contribution in [3.05, 3.63) is 0 Å². The molecule has 3 nitrogen and oxygen atoms in total. The summed E-state index contributed by atoms with van der Waals surface area (Å²) in [5.41, 5.74) is 0. The van der Waals surface area contributed by atoms with Gasteiger partial charge in [0, 0.05) is 0 Å². The van der Waals surface area contributed by atoms with Crippen molar-refractivity contribution in [2.75, 3.05) is 13.2 Å². The summed E-state index contributed by atoms with van der Waals surface area (Å²) in [6, 6.07) is 0. The molecule has 0 atom stereocenters. The van der Waals surface area contributed by atoms with Crippen molar-refractivity contribution >= 4 is 35.1 Å². The van der Waals surface area contributed by atoms with Crippen LogP contribution in [0.1, 0.15) is 6.92 Å². The van der Waals surface area contributed by atoms with Gasteiger partial charge in [-0.15, -0.1) is 12.6 Å². The van der Waals surface area contributed by atoms with Crippen molar-refractivity contribution in [1.29, 1.82) is 0 Å². The van der Waals surface area contributed by atoms with Gasteiger partial charge < -0.3 is 10.1 Å². The average molecular weight is 179 g/mol. The average Bonchev–Trinajstić information content (AvgIpc) is 1.85. The molecular formula is C5H9NO2S2. The van der Waals surface area contributed by atoms with E-state index in [1.165, 1.54) is 0 Å². The molecule has 0 aromatic rings. The Balaban J connectivity index is 3.30. The summed E-state index contributed by atoms with van der Waals surface area (Å²) in [7, 11) is 0. The fourth-order valence-electron chi connectivity index (χ4n) is 0.360. The van der Waals surface area contributed by atoms with Gasteiger partial charge in [0.25, 0.3) is 0 Å². The lowest BCUT2D eigenvalue weighted by Crippen LogP contribution is -2.26. The van der Waals surface area contributed by atoms with Gasteiger partial charge in [0.1, 0.15) is 10.9 Å². The minimum absolute atomic E-state index is 0.0934. The first-order valence-corrected chi connectivity index (χ1v) is 3.64. The Hall–Kier alpha value is -0.290. The highest BCUT2D eigenvalue weighted by molar-refractivity contribution is 8.11. The highest BCUT2D eigenvalue weighted by atomic mass is 32.1. The maximum absolute atomic E-state index is 10.6. The van der Waals surface area contributed by atoms with Crippen LogP contribution in [0, 0.1) is 0 Å². The molecule has 0 saturated carbocycles. The topological polar surface area (TPSA) is 38.3 Å². The molecule has 0 aromatic carbocycles. The molecule has 0 amide bonds. The van der Waals surface area contributed by atoms with E-state index < -0.39 is 0 Å². The van der Waals surface area contributed by atoms with E-state index in [1.54, 1.807) is 6.92 Å². The molecule has 0 fully saturated rings. The molecule has 1 N–H and O–H groups in total. The number of thiol groups is 1. The number of carbonyl (C=O) groups excluding carboxylic acids is 1. The summed E-state index contributed by atoms with van der Waals surface area (Å²) >= 11 is 8.30. The van der Waals surface area contributed by atoms with E-state index in [1.807, 2.05) is 0 Å². The van der Waals surface area contributed by atoms with E-state index in [0.717, 1.165) is 0 Å². The van der Waals surface area contributed by atoms with E-state index in [2.05, 4.69) is 34.9 Å². The highest BCUT2D eigenvalue weighted by Gasteiger charge is 1.98. The van der Waals surface area contributed by atoms with Gasteiger partial charge >= 0.3 is 5.97 Å². The Bertz CT molecular complexity index is 138. The summed E-state index contributed by atoms with van der Waals surface area (Å²) in [6.45, 7) is 2.23. The normalized spacial score (nSPS) is 8.60. The molecule has 0 unspecified atom stereocenters. The number of hydrogen-bond donors (Lipinski definition) is 2. The Morgan fingerprint density at radius 1 is 1.80 bits per heavy atom. The number of carbonyl (C=O) groups is 1. The van der Waals surface area contributed by atoms with E-state index in [0.29, 0.717) is 10.9 Å². The first-order valence-electron chi connectivity index (χ1n) is 2.79. The van der Waals surface area contributed by atoms with Gasteiger partial charge in [0.2, 0.25) is 0 Å². The summed E-state index contributed by atoms with van der Waals surface area (Å²) in [5.74, 6) is -0.320. The summed E-state index contributed by atoms with van der Waals surface area (Å²) in [5, 5.41) is 2.55. The summed E-state index contributed by atoms with van der Waals surface area (Å²) in [6.07, 6.45) is 0. The zero-order valence-electron chi connectivity index (χ0n) is 5.59. The molecule has 0 saturated heterocycles. The van der Waals surface area contributed by atoms with E-state index in [4.69, 9.17) is 0 Å². The number of nitrogens with one attached hydrogen (secondary N) is 1. The fourth-order valence-corrected chi connectivity index (χ4v) is 0.511. The molecule has 0 aromatic heterocycles. The minimum Gasteiger partial charge on any atom is -0.465 e. The number of ether oxygens (including phenoxy) is 1. The standard InChI is InChI=1S/C5H9NO2S2/c1-2-8-4(7)3-6-5(9)10/h2-3H2,1H3,(H2,6,9,10). The fraction of sp³-hybridized carbons (Fsp3) is 0.600. The zero-order chi connectivity index (χ0) is 7.98. The number of rotatable bonds is 3. The smallest absolute Gasteiger partial charge is 0.325 e. The van der Waals surface area contributed by atoms with Crippen molar-refractivity contribution in [2.45, 2.75) is 6.92 Å². The summed E-state index contributed by atoms with van der Waals surface area (Å²) in [4.78, 5) is 10.6. The van der Waals surface area contributed by atoms with E-state index in [-0.39, 0.29) is 12.5 Å². The van der Waals surface area contributed by atoms with Crippen LogP contribution in [0.4, 0.5) is 0 Å². The first kappa shape index (κ1) is 9.71. The van der Waals surface area contributed by atoms with Crippen LogP contribution in [0.5, 0.6) is 0 Å². The molecule has 0 spiro atoms. The van der Waals surface area contributed by atoms with Gasteiger partial charge in [0.15, 0.2) is 0 Å². The number of thiocarbonyl (C=S) groups is 1. The third kappa shape index (κ3) is 5.84. The molecule has 0 aliphatic rings. The molecule has 0 heterocycles. The lowest BCUT2D eigenvalue weighted by Gasteiger charge is -2.01. The second-order valence-corrected chi connectivity index (χ2v) is 2.62. The highest BCUT2D eigenvalue weighted by Crippen LogP contribution is 1.79. The molecule has 0 aliphatic heterocycles. The predicted octanol–water partition coefficient (Wildman–Crippen LogP) is 0.354. The van der Waals surface area contributed by atoms with Crippen LogP contribution in [0.15, 0.2) is 0 Å². The van der Waals surface area contributed by atoms with Crippen LogP contribution < -0.4 is 5.32 Å². The Kier molecular flexibility index (Phi) is 5.33. The lowest BCUT2D eigenvalue weighted by molar-refractivity contribution is -0.141. The minimum atomic E-state index is -0.320. The van der Waals surface area contributed by atoms with E-state index in [9.17, 15) is 4.79 Å². The van der Waals surface area contributed by atoms with Crippen LogP contribution >= 0.6 is 24.8 Å². The second-order valence-electron chi connectivity index (χ2n) is 1.46. The molecule has 0 aliphatic carbocycles. The van der Waals surface area contributed by atoms with Crippen molar-refractivity contribution in [1.82, 2.24) is 5.32 Å². The van der Waals surface area contributed by atoms with Crippen LogP contribution in [-0.4, -0.2) is 23.4 Å². The van der Waals surface area contributed by atoms with E-state index >= 15 is 0 Å². The van der Waals surface area contributed by atoms with Crippen molar-refractivity contribution in [2.24, 2.45) is 0 Å². The monoisotopic (exact) mass is 179 g/mol. The largest absolute Gasteiger partial charge is 0.465 e. The zero-order valence-corrected chi connectivity index (χ0v) is 7.30.